The maximum Gasteiger partial charge on any atom is 0.260 e. The van der Waals surface area contributed by atoms with Gasteiger partial charge in [0.2, 0.25) is 10.0 Å². The number of hydrogen-bond acceptors (Lipinski definition) is 7. The van der Waals surface area contributed by atoms with Crippen molar-refractivity contribution in [2.75, 3.05) is 44.7 Å². The number of thiazole rings is 1. The standard InChI is InChI=1S/C29H39ClN4O4S2/c1-5-32(6-2)19-20-33(29-31-26-25(38-4)18-17-24(30)27(26)39-29)28(35)21-13-15-23(16-14-21)40(36,37)34(7-3)22-11-9-8-10-12-22/h13-18,22H,5-12,19-20H2,1-4H3. The van der Waals surface area contributed by atoms with Crippen LogP contribution in [0.4, 0.5) is 5.13 Å². The number of ether oxygens (including phenoxy) is 1. The Labute approximate surface area is 246 Å². The van der Waals surface area contributed by atoms with Crippen molar-refractivity contribution in [3.8, 4) is 5.75 Å². The molecule has 1 amide bonds. The van der Waals surface area contributed by atoms with Crippen LogP contribution in [0.3, 0.4) is 0 Å². The fourth-order valence-corrected chi connectivity index (χ4v) is 8.32. The number of anilines is 1. The molecular formula is C29H39ClN4O4S2. The summed E-state index contributed by atoms with van der Waals surface area (Å²) in [6, 6.07) is 9.87. The van der Waals surface area contributed by atoms with Crippen LogP contribution < -0.4 is 9.64 Å². The van der Waals surface area contributed by atoms with Crippen molar-refractivity contribution >= 4 is 54.2 Å². The van der Waals surface area contributed by atoms with E-state index in [9.17, 15) is 13.2 Å². The van der Waals surface area contributed by atoms with Gasteiger partial charge in [-0.1, -0.05) is 63.0 Å². The maximum atomic E-state index is 13.9. The minimum Gasteiger partial charge on any atom is -0.494 e. The third-order valence-corrected chi connectivity index (χ3v) is 11.3. The molecule has 1 saturated carbocycles. The largest absolute Gasteiger partial charge is 0.494 e. The number of fused-ring (bicyclic) bond motifs is 1. The van der Waals surface area contributed by atoms with Crippen molar-refractivity contribution in [1.82, 2.24) is 14.2 Å². The van der Waals surface area contributed by atoms with Crippen molar-refractivity contribution in [2.45, 2.75) is 63.8 Å². The Morgan fingerprint density at radius 3 is 2.27 bits per heavy atom. The molecule has 40 heavy (non-hydrogen) atoms. The average Bonchev–Trinajstić information content (AvgIpc) is 3.42. The second-order valence-electron chi connectivity index (χ2n) is 9.93. The summed E-state index contributed by atoms with van der Waals surface area (Å²) < 4.78 is 34.9. The fourth-order valence-electron chi connectivity index (χ4n) is 5.34. The predicted molar refractivity (Wildman–Crippen MR) is 164 cm³/mol. The van der Waals surface area contributed by atoms with Crippen molar-refractivity contribution in [3.05, 3.63) is 47.0 Å². The number of halogens is 1. The molecule has 0 aliphatic heterocycles. The molecule has 218 valence electrons. The summed E-state index contributed by atoms with van der Waals surface area (Å²) in [7, 11) is -2.08. The van der Waals surface area contributed by atoms with Gasteiger partial charge in [0.15, 0.2) is 5.13 Å². The quantitative estimate of drug-likeness (QED) is 0.241. The first kappa shape index (κ1) is 30.7. The highest BCUT2D eigenvalue weighted by Gasteiger charge is 2.31. The lowest BCUT2D eigenvalue weighted by molar-refractivity contribution is 0.0983. The minimum atomic E-state index is -3.66. The van der Waals surface area contributed by atoms with Crippen molar-refractivity contribution in [2.24, 2.45) is 0 Å². The number of likely N-dealkylation sites (N-methyl/N-ethyl adjacent to an activating group) is 1. The van der Waals surface area contributed by atoms with E-state index in [2.05, 4.69) is 18.7 Å². The number of amides is 1. The van der Waals surface area contributed by atoms with Crippen LogP contribution in [0.25, 0.3) is 10.2 Å². The van der Waals surface area contributed by atoms with Crippen LogP contribution in [0.1, 0.15) is 63.2 Å². The third kappa shape index (κ3) is 6.46. The molecule has 0 atom stereocenters. The highest BCUT2D eigenvalue weighted by Crippen LogP contribution is 2.39. The van der Waals surface area contributed by atoms with Crippen LogP contribution in [-0.4, -0.2) is 74.4 Å². The van der Waals surface area contributed by atoms with E-state index >= 15 is 0 Å². The van der Waals surface area contributed by atoms with Gasteiger partial charge in [0.05, 0.1) is 21.7 Å². The second kappa shape index (κ2) is 13.6. The zero-order valence-corrected chi connectivity index (χ0v) is 26.1. The number of methoxy groups -OCH3 is 1. The number of nitrogens with zero attached hydrogens (tertiary/aromatic N) is 4. The van der Waals surface area contributed by atoms with E-state index in [0.29, 0.717) is 46.6 Å². The SMILES string of the molecule is CCN(CC)CCN(C(=O)c1ccc(S(=O)(=O)N(CC)C2CCCCC2)cc1)c1nc2c(OC)ccc(Cl)c2s1. The normalized spacial score (nSPS) is 14.8. The Morgan fingerprint density at radius 2 is 1.68 bits per heavy atom. The summed E-state index contributed by atoms with van der Waals surface area (Å²) in [5.41, 5.74) is 1.01. The van der Waals surface area contributed by atoms with Gasteiger partial charge in [0.25, 0.3) is 5.91 Å². The van der Waals surface area contributed by atoms with Crippen LogP contribution in [0.15, 0.2) is 41.3 Å². The van der Waals surface area contributed by atoms with Gasteiger partial charge in [-0.2, -0.15) is 4.31 Å². The summed E-state index contributed by atoms with van der Waals surface area (Å²) in [5.74, 6) is 0.343. The molecule has 1 aromatic heterocycles. The van der Waals surface area contributed by atoms with E-state index in [1.54, 1.807) is 52.7 Å². The Morgan fingerprint density at radius 1 is 1.00 bits per heavy atom. The third-order valence-electron chi connectivity index (χ3n) is 7.68. The van der Waals surface area contributed by atoms with Gasteiger partial charge < -0.3 is 9.64 Å². The fraction of sp³-hybridized carbons (Fsp3) is 0.517. The molecule has 1 heterocycles. The molecule has 8 nitrogen and oxygen atoms in total. The van der Waals surface area contributed by atoms with Crippen molar-refractivity contribution in [3.63, 3.8) is 0 Å². The summed E-state index contributed by atoms with van der Waals surface area (Å²) in [6.07, 6.45) is 5.04. The lowest BCUT2D eigenvalue weighted by Crippen LogP contribution is -2.41. The van der Waals surface area contributed by atoms with Crippen LogP contribution >= 0.6 is 22.9 Å². The first-order valence-corrected chi connectivity index (χ1v) is 16.7. The molecule has 1 fully saturated rings. The Bertz CT molecular complexity index is 1400. The molecule has 4 rings (SSSR count). The molecule has 1 aliphatic rings. The first-order valence-electron chi connectivity index (χ1n) is 14.0. The number of aromatic nitrogens is 1. The van der Waals surface area contributed by atoms with Crippen LogP contribution in [-0.2, 0) is 10.0 Å². The Hall–Kier alpha value is -2.24. The highest BCUT2D eigenvalue weighted by atomic mass is 35.5. The van der Waals surface area contributed by atoms with Gasteiger partial charge >= 0.3 is 0 Å². The lowest BCUT2D eigenvalue weighted by atomic mass is 9.95. The first-order chi connectivity index (χ1) is 19.2. The molecule has 0 saturated heterocycles. The molecule has 0 N–H and O–H groups in total. The Balaban J connectivity index is 1.65. The molecule has 1 aliphatic carbocycles. The van der Waals surface area contributed by atoms with Crippen LogP contribution in [0, 0.1) is 0 Å². The molecule has 11 heteroatoms. The minimum absolute atomic E-state index is 0.0310. The molecule has 0 unspecified atom stereocenters. The smallest absolute Gasteiger partial charge is 0.260 e. The molecule has 3 aromatic rings. The number of benzene rings is 2. The van der Waals surface area contributed by atoms with Crippen molar-refractivity contribution < 1.29 is 17.9 Å². The monoisotopic (exact) mass is 606 g/mol. The molecule has 0 bridgehead atoms. The summed E-state index contributed by atoms with van der Waals surface area (Å²) in [6.45, 7) is 9.30. The number of sulfonamides is 1. The number of rotatable bonds is 12. The van der Waals surface area contributed by atoms with Gasteiger partial charge in [-0.3, -0.25) is 9.69 Å². The zero-order valence-electron chi connectivity index (χ0n) is 23.7. The molecule has 0 radical (unpaired) electrons. The maximum absolute atomic E-state index is 13.9. The average molecular weight is 607 g/mol. The number of carbonyl (C=O) groups excluding carboxylic acids is 1. The van der Waals surface area contributed by atoms with Gasteiger partial charge in [-0.05, 0) is 62.3 Å². The predicted octanol–water partition coefficient (Wildman–Crippen LogP) is 6.29. The topological polar surface area (TPSA) is 83.1 Å². The van der Waals surface area contributed by atoms with Crippen LogP contribution in [0.5, 0.6) is 5.75 Å². The lowest BCUT2D eigenvalue weighted by Gasteiger charge is -2.32. The molecular weight excluding hydrogens is 568 g/mol. The van der Waals surface area contributed by atoms with Crippen molar-refractivity contribution in [1.29, 1.82) is 0 Å². The summed E-state index contributed by atoms with van der Waals surface area (Å²) >= 11 is 7.81. The summed E-state index contributed by atoms with van der Waals surface area (Å²) in [4.78, 5) is 22.8. The molecule has 0 spiro atoms. The zero-order chi connectivity index (χ0) is 28.9. The van der Waals surface area contributed by atoms with E-state index in [1.807, 2.05) is 6.92 Å². The van der Waals surface area contributed by atoms with E-state index in [0.717, 1.165) is 49.9 Å². The van der Waals surface area contributed by atoms with Gasteiger partial charge in [0.1, 0.15) is 11.3 Å². The molecule has 2 aromatic carbocycles. The highest BCUT2D eigenvalue weighted by molar-refractivity contribution is 7.89. The van der Waals surface area contributed by atoms with E-state index < -0.39 is 10.0 Å². The van der Waals surface area contributed by atoms with E-state index in [-0.39, 0.29) is 16.8 Å². The van der Waals surface area contributed by atoms with Gasteiger partial charge in [-0.15, -0.1) is 0 Å². The van der Waals surface area contributed by atoms with E-state index in [1.165, 1.54) is 11.3 Å². The van der Waals surface area contributed by atoms with Gasteiger partial charge in [0, 0.05) is 31.2 Å². The second-order valence-corrected chi connectivity index (χ2v) is 13.2. The van der Waals surface area contributed by atoms with E-state index in [4.69, 9.17) is 21.3 Å². The van der Waals surface area contributed by atoms with Gasteiger partial charge in [-0.25, -0.2) is 13.4 Å². The number of carbonyl (C=O) groups is 1. The number of hydrogen-bond donors (Lipinski definition) is 0. The van der Waals surface area contributed by atoms with Crippen LogP contribution in [0.2, 0.25) is 5.02 Å². The summed E-state index contributed by atoms with van der Waals surface area (Å²) in [5, 5.41) is 1.06. The Kier molecular flexibility index (Phi) is 10.5.